The van der Waals surface area contributed by atoms with Crippen LogP contribution in [0.5, 0.6) is 23.0 Å². The lowest BCUT2D eigenvalue weighted by Crippen LogP contribution is -2.17. The number of carbonyl (C=O) groups excluding carboxylic acids is 1. The van der Waals surface area contributed by atoms with Crippen LogP contribution in [0.3, 0.4) is 0 Å². The molecular formula is C24H24N2O5. The number of nitrogens with zero attached hydrogens (tertiary/aromatic N) is 1. The van der Waals surface area contributed by atoms with E-state index in [4.69, 9.17) is 14.2 Å². The van der Waals surface area contributed by atoms with Crippen LogP contribution < -0.4 is 19.6 Å². The van der Waals surface area contributed by atoms with Gasteiger partial charge in [-0.25, -0.2) is 5.43 Å². The predicted molar refractivity (Wildman–Crippen MR) is 118 cm³/mol. The Hall–Kier alpha value is -4.00. The van der Waals surface area contributed by atoms with Crippen molar-refractivity contribution in [3.05, 3.63) is 83.4 Å². The number of nitrogens with one attached hydrogen (secondary N) is 1. The van der Waals surface area contributed by atoms with E-state index in [0.717, 1.165) is 11.1 Å². The minimum Gasteiger partial charge on any atom is -0.507 e. The first-order valence-electron chi connectivity index (χ1n) is 9.74. The Labute approximate surface area is 180 Å². The molecule has 0 unspecified atom stereocenters. The van der Waals surface area contributed by atoms with E-state index in [9.17, 15) is 9.90 Å². The van der Waals surface area contributed by atoms with E-state index >= 15 is 0 Å². The molecule has 0 saturated heterocycles. The van der Waals surface area contributed by atoms with Crippen LogP contribution in [0.25, 0.3) is 0 Å². The van der Waals surface area contributed by atoms with Gasteiger partial charge in [0.25, 0.3) is 5.91 Å². The van der Waals surface area contributed by atoms with Crippen molar-refractivity contribution in [1.29, 1.82) is 0 Å². The van der Waals surface area contributed by atoms with E-state index in [-0.39, 0.29) is 11.3 Å². The SMILES string of the molecule is CCOc1cc(/C=N\NC(=O)c2ccc(OC)cc2O)ccc1OCc1ccccc1. The molecule has 0 aliphatic carbocycles. The Morgan fingerprint density at radius 3 is 2.55 bits per heavy atom. The van der Waals surface area contributed by atoms with Crippen LogP contribution in [-0.4, -0.2) is 30.9 Å². The van der Waals surface area contributed by atoms with E-state index in [1.807, 2.05) is 43.3 Å². The number of ether oxygens (including phenoxy) is 3. The zero-order chi connectivity index (χ0) is 22.1. The Morgan fingerprint density at radius 2 is 1.84 bits per heavy atom. The van der Waals surface area contributed by atoms with Gasteiger partial charge in [0.1, 0.15) is 18.1 Å². The summed E-state index contributed by atoms with van der Waals surface area (Å²) in [7, 11) is 1.48. The maximum atomic E-state index is 12.2. The molecule has 0 radical (unpaired) electrons. The molecule has 3 aromatic carbocycles. The molecule has 31 heavy (non-hydrogen) atoms. The average molecular weight is 420 g/mol. The summed E-state index contributed by atoms with van der Waals surface area (Å²) in [6.45, 7) is 2.80. The summed E-state index contributed by atoms with van der Waals surface area (Å²) in [6.07, 6.45) is 1.49. The minimum absolute atomic E-state index is 0.0950. The van der Waals surface area contributed by atoms with Gasteiger partial charge in [-0.15, -0.1) is 0 Å². The molecule has 0 aliphatic rings. The van der Waals surface area contributed by atoms with Crippen molar-refractivity contribution in [2.24, 2.45) is 5.10 Å². The van der Waals surface area contributed by atoms with Gasteiger partial charge in [0.05, 0.1) is 25.5 Å². The molecule has 0 fully saturated rings. The first-order chi connectivity index (χ1) is 15.1. The van der Waals surface area contributed by atoms with Gasteiger partial charge in [-0.3, -0.25) is 4.79 Å². The monoisotopic (exact) mass is 420 g/mol. The average Bonchev–Trinajstić information content (AvgIpc) is 2.79. The van der Waals surface area contributed by atoms with Gasteiger partial charge in [-0.05, 0) is 48.4 Å². The number of aromatic hydroxyl groups is 1. The molecule has 0 atom stereocenters. The Morgan fingerprint density at radius 1 is 1.03 bits per heavy atom. The number of hydrazone groups is 1. The lowest BCUT2D eigenvalue weighted by atomic mass is 10.2. The van der Waals surface area contributed by atoms with E-state index in [1.54, 1.807) is 18.2 Å². The van der Waals surface area contributed by atoms with Crippen LogP contribution in [-0.2, 0) is 6.61 Å². The molecule has 7 heteroatoms. The van der Waals surface area contributed by atoms with Crippen LogP contribution in [0.1, 0.15) is 28.4 Å². The summed E-state index contributed by atoms with van der Waals surface area (Å²) < 4.78 is 16.6. The third-order valence-corrected chi connectivity index (χ3v) is 4.33. The molecule has 0 bridgehead atoms. The molecule has 0 spiro atoms. The van der Waals surface area contributed by atoms with E-state index < -0.39 is 5.91 Å². The summed E-state index contributed by atoms with van der Waals surface area (Å²) in [6, 6.07) is 19.7. The summed E-state index contributed by atoms with van der Waals surface area (Å²) >= 11 is 0. The van der Waals surface area contributed by atoms with E-state index in [1.165, 1.54) is 25.5 Å². The fourth-order valence-electron chi connectivity index (χ4n) is 2.78. The molecule has 160 valence electrons. The van der Waals surface area contributed by atoms with Crippen molar-refractivity contribution in [3.63, 3.8) is 0 Å². The maximum Gasteiger partial charge on any atom is 0.275 e. The quantitative estimate of drug-likeness (QED) is 0.401. The molecule has 3 rings (SSSR count). The summed E-state index contributed by atoms with van der Waals surface area (Å²) in [5, 5.41) is 13.9. The number of phenols is 1. The second-order valence-corrected chi connectivity index (χ2v) is 6.50. The number of phenolic OH excluding ortho intramolecular Hbond substituents is 1. The summed E-state index contributed by atoms with van der Waals surface area (Å²) in [5.41, 5.74) is 4.26. The smallest absolute Gasteiger partial charge is 0.275 e. The number of amides is 1. The van der Waals surface area contributed by atoms with Crippen molar-refractivity contribution in [3.8, 4) is 23.0 Å². The minimum atomic E-state index is -0.538. The largest absolute Gasteiger partial charge is 0.507 e. The third kappa shape index (κ3) is 5.99. The maximum absolute atomic E-state index is 12.2. The predicted octanol–water partition coefficient (Wildman–Crippen LogP) is 4.14. The molecule has 1 amide bonds. The highest BCUT2D eigenvalue weighted by atomic mass is 16.5. The fourth-order valence-corrected chi connectivity index (χ4v) is 2.78. The second-order valence-electron chi connectivity index (χ2n) is 6.50. The Balaban J connectivity index is 1.66. The standard InChI is InChI=1S/C24H24N2O5/c1-3-30-23-13-18(9-12-22(23)31-16-17-7-5-4-6-8-17)15-25-26-24(28)20-11-10-19(29-2)14-21(20)27/h4-15,27H,3,16H2,1-2H3,(H,26,28)/b25-15-. The summed E-state index contributed by atoms with van der Waals surface area (Å²) in [5.74, 6) is 0.932. The molecule has 7 nitrogen and oxygen atoms in total. The van der Waals surface area contributed by atoms with E-state index in [2.05, 4.69) is 10.5 Å². The van der Waals surface area contributed by atoms with Crippen molar-refractivity contribution in [2.45, 2.75) is 13.5 Å². The molecule has 0 saturated carbocycles. The number of hydrogen-bond donors (Lipinski definition) is 2. The Bertz CT molecular complexity index is 1050. The fraction of sp³-hybridized carbons (Fsp3) is 0.167. The van der Waals surface area contributed by atoms with Gasteiger partial charge in [0.2, 0.25) is 0 Å². The molecule has 0 aromatic heterocycles. The van der Waals surface area contributed by atoms with Crippen molar-refractivity contribution >= 4 is 12.1 Å². The van der Waals surface area contributed by atoms with Gasteiger partial charge >= 0.3 is 0 Å². The zero-order valence-corrected chi connectivity index (χ0v) is 17.4. The van der Waals surface area contributed by atoms with Gasteiger partial charge in [-0.2, -0.15) is 5.10 Å². The lowest BCUT2D eigenvalue weighted by molar-refractivity contribution is 0.0952. The first-order valence-corrected chi connectivity index (χ1v) is 9.74. The third-order valence-electron chi connectivity index (χ3n) is 4.33. The number of hydrogen-bond acceptors (Lipinski definition) is 6. The van der Waals surface area contributed by atoms with Crippen LogP contribution in [0, 0.1) is 0 Å². The number of carbonyl (C=O) groups is 1. The highest BCUT2D eigenvalue weighted by Gasteiger charge is 2.11. The number of benzene rings is 3. The molecule has 0 heterocycles. The van der Waals surface area contributed by atoms with Gasteiger partial charge < -0.3 is 19.3 Å². The molecule has 2 N–H and O–H groups in total. The van der Waals surface area contributed by atoms with Gasteiger partial charge in [0, 0.05) is 6.07 Å². The zero-order valence-electron chi connectivity index (χ0n) is 17.4. The Kier molecular flexibility index (Phi) is 7.48. The van der Waals surface area contributed by atoms with Crippen molar-refractivity contribution < 1.29 is 24.1 Å². The van der Waals surface area contributed by atoms with Crippen LogP contribution in [0.4, 0.5) is 0 Å². The van der Waals surface area contributed by atoms with Crippen LogP contribution in [0.15, 0.2) is 71.8 Å². The van der Waals surface area contributed by atoms with Gasteiger partial charge in [0.15, 0.2) is 11.5 Å². The van der Waals surface area contributed by atoms with Crippen molar-refractivity contribution in [2.75, 3.05) is 13.7 Å². The normalized spacial score (nSPS) is 10.6. The van der Waals surface area contributed by atoms with Crippen LogP contribution >= 0.6 is 0 Å². The molecule has 3 aromatic rings. The topological polar surface area (TPSA) is 89.4 Å². The number of rotatable bonds is 9. The molecular weight excluding hydrogens is 396 g/mol. The highest BCUT2D eigenvalue weighted by molar-refractivity contribution is 5.97. The van der Waals surface area contributed by atoms with Crippen LogP contribution in [0.2, 0.25) is 0 Å². The highest BCUT2D eigenvalue weighted by Crippen LogP contribution is 2.29. The van der Waals surface area contributed by atoms with E-state index in [0.29, 0.717) is 30.5 Å². The van der Waals surface area contributed by atoms with Gasteiger partial charge in [-0.1, -0.05) is 30.3 Å². The van der Waals surface area contributed by atoms with Crippen molar-refractivity contribution in [1.82, 2.24) is 5.43 Å². The molecule has 0 aliphatic heterocycles. The summed E-state index contributed by atoms with van der Waals surface area (Å²) in [4.78, 5) is 12.2. The second kappa shape index (κ2) is 10.7. The first kappa shape index (κ1) is 21.7. The number of methoxy groups -OCH3 is 1. The lowest BCUT2D eigenvalue weighted by Gasteiger charge is -2.12.